The second-order valence-electron chi connectivity index (χ2n) is 4.50. The molecule has 0 aliphatic heterocycles. The first-order chi connectivity index (χ1) is 8.97. The molecule has 0 saturated heterocycles. The van der Waals surface area contributed by atoms with Crippen LogP contribution >= 0.6 is 11.3 Å². The summed E-state index contributed by atoms with van der Waals surface area (Å²) in [4.78, 5) is 15.0. The van der Waals surface area contributed by atoms with E-state index in [-0.39, 0.29) is 6.42 Å². The zero-order chi connectivity index (χ0) is 14.0. The summed E-state index contributed by atoms with van der Waals surface area (Å²) in [5.74, 6) is -0.503. The third-order valence-electron chi connectivity index (χ3n) is 2.88. The van der Waals surface area contributed by atoms with Crippen LogP contribution in [-0.4, -0.2) is 21.2 Å². The highest BCUT2D eigenvalue weighted by Gasteiger charge is 2.09. The number of rotatable bonds is 4. The molecule has 0 spiro atoms. The highest BCUT2D eigenvalue weighted by molar-refractivity contribution is 7.13. The molecular weight excluding hydrogens is 262 g/mol. The van der Waals surface area contributed by atoms with Crippen molar-refractivity contribution in [3.63, 3.8) is 0 Å². The number of aliphatic carboxylic acids is 1. The maximum absolute atomic E-state index is 10.5. The predicted octanol–water partition coefficient (Wildman–Crippen LogP) is 3.15. The lowest BCUT2D eigenvalue weighted by atomic mass is 10.1. The van der Waals surface area contributed by atoms with Crippen molar-refractivity contribution in [2.24, 2.45) is 0 Å². The van der Waals surface area contributed by atoms with Crippen LogP contribution in [0.4, 0.5) is 0 Å². The van der Waals surface area contributed by atoms with Gasteiger partial charge in [0.05, 0.1) is 12.1 Å². The molecular formula is C14H15NO3S. The van der Waals surface area contributed by atoms with Crippen LogP contribution in [0, 0.1) is 13.8 Å². The zero-order valence-electron chi connectivity index (χ0n) is 10.8. The molecule has 2 N–H and O–H groups in total. The van der Waals surface area contributed by atoms with Crippen LogP contribution in [-0.2, 0) is 11.2 Å². The summed E-state index contributed by atoms with van der Waals surface area (Å²) >= 11 is 1.49. The van der Waals surface area contributed by atoms with Gasteiger partial charge in [-0.25, -0.2) is 4.98 Å². The number of carboxylic acids is 1. The number of phenolic OH excluding ortho intramolecular Hbond substituents is 1. The Morgan fingerprint density at radius 1 is 1.32 bits per heavy atom. The molecule has 0 atom stereocenters. The van der Waals surface area contributed by atoms with E-state index >= 15 is 0 Å². The van der Waals surface area contributed by atoms with Gasteiger partial charge in [0, 0.05) is 17.4 Å². The molecule has 2 aromatic rings. The number of hydrogen-bond acceptors (Lipinski definition) is 4. The van der Waals surface area contributed by atoms with Crippen molar-refractivity contribution in [1.82, 2.24) is 4.98 Å². The maximum atomic E-state index is 10.5. The summed E-state index contributed by atoms with van der Waals surface area (Å²) in [5, 5.41) is 21.1. The zero-order valence-corrected chi connectivity index (χ0v) is 11.6. The van der Waals surface area contributed by atoms with Gasteiger partial charge in [-0.3, -0.25) is 4.79 Å². The van der Waals surface area contributed by atoms with Crippen LogP contribution in [0.1, 0.15) is 23.2 Å². The van der Waals surface area contributed by atoms with Gasteiger partial charge in [-0.15, -0.1) is 11.3 Å². The van der Waals surface area contributed by atoms with Crippen LogP contribution in [0.25, 0.3) is 10.6 Å². The van der Waals surface area contributed by atoms with Crippen LogP contribution < -0.4 is 0 Å². The summed E-state index contributed by atoms with van der Waals surface area (Å²) in [6.07, 6.45) is 0.540. The van der Waals surface area contributed by atoms with Gasteiger partial charge < -0.3 is 10.2 Å². The second-order valence-corrected chi connectivity index (χ2v) is 5.35. The highest BCUT2D eigenvalue weighted by atomic mass is 32.1. The fourth-order valence-electron chi connectivity index (χ4n) is 1.87. The molecule has 1 heterocycles. The molecule has 0 unspecified atom stereocenters. The van der Waals surface area contributed by atoms with E-state index < -0.39 is 5.97 Å². The molecule has 19 heavy (non-hydrogen) atoms. The Balaban J connectivity index is 2.25. The molecule has 4 nitrogen and oxygen atoms in total. The summed E-state index contributed by atoms with van der Waals surface area (Å²) in [7, 11) is 0. The van der Waals surface area contributed by atoms with E-state index in [0.29, 0.717) is 12.2 Å². The molecule has 5 heteroatoms. The number of aromatic hydroxyl groups is 1. The first-order valence-corrected chi connectivity index (χ1v) is 6.82. The van der Waals surface area contributed by atoms with E-state index in [1.54, 1.807) is 0 Å². The number of carboxylic acid groups (broad SMARTS) is 1. The molecule has 0 amide bonds. The lowest BCUT2D eigenvalue weighted by Gasteiger charge is -2.05. The smallest absolute Gasteiger partial charge is 0.303 e. The van der Waals surface area contributed by atoms with Crippen LogP contribution in [0.15, 0.2) is 17.5 Å². The van der Waals surface area contributed by atoms with E-state index in [1.165, 1.54) is 11.3 Å². The van der Waals surface area contributed by atoms with Crippen molar-refractivity contribution in [2.45, 2.75) is 26.7 Å². The van der Waals surface area contributed by atoms with Crippen molar-refractivity contribution >= 4 is 17.3 Å². The van der Waals surface area contributed by atoms with Gasteiger partial charge in [0.25, 0.3) is 0 Å². The lowest BCUT2D eigenvalue weighted by Crippen LogP contribution is -1.97. The number of aryl methyl sites for hydroxylation is 3. The van der Waals surface area contributed by atoms with Crippen molar-refractivity contribution in [3.05, 3.63) is 34.3 Å². The topological polar surface area (TPSA) is 70.4 Å². The lowest BCUT2D eigenvalue weighted by molar-refractivity contribution is -0.136. The standard InChI is InChI=1S/C14H15NO3S/c1-8-5-10(6-9(2)13(8)18)14-15-11(7-19-14)3-4-12(16)17/h5-7,18H,3-4H2,1-2H3,(H,16,17). The molecule has 0 aliphatic rings. The summed E-state index contributed by atoms with van der Waals surface area (Å²) < 4.78 is 0. The van der Waals surface area contributed by atoms with E-state index in [4.69, 9.17) is 5.11 Å². The van der Waals surface area contributed by atoms with E-state index in [9.17, 15) is 9.90 Å². The first kappa shape index (κ1) is 13.5. The molecule has 1 aromatic carbocycles. The maximum Gasteiger partial charge on any atom is 0.303 e. The van der Waals surface area contributed by atoms with Gasteiger partial charge in [-0.05, 0) is 37.1 Å². The number of phenols is 1. The molecule has 2 rings (SSSR count). The summed E-state index contributed by atoms with van der Waals surface area (Å²) in [6.45, 7) is 3.70. The van der Waals surface area contributed by atoms with Gasteiger partial charge >= 0.3 is 5.97 Å². The fourth-order valence-corrected chi connectivity index (χ4v) is 2.71. The Labute approximate surface area is 115 Å². The molecule has 1 aromatic heterocycles. The minimum absolute atomic E-state index is 0.0941. The van der Waals surface area contributed by atoms with Gasteiger partial charge in [-0.2, -0.15) is 0 Å². The quantitative estimate of drug-likeness (QED) is 0.900. The van der Waals surface area contributed by atoms with E-state index in [2.05, 4.69) is 4.98 Å². The van der Waals surface area contributed by atoms with E-state index in [1.807, 2.05) is 31.4 Å². The van der Waals surface area contributed by atoms with Crippen molar-refractivity contribution in [2.75, 3.05) is 0 Å². The number of thiazole rings is 1. The minimum atomic E-state index is -0.814. The summed E-state index contributed by atoms with van der Waals surface area (Å²) in [6, 6.07) is 3.78. The largest absolute Gasteiger partial charge is 0.507 e. The van der Waals surface area contributed by atoms with Crippen LogP contribution in [0.2, 0.25) is 0 Å². The van der Waals surface area contributed by atoms with Crippen LogP contribution in [0.3, 0.4) is 0 Å². The molecule has 0 saturated carbocycles. The van der Waals surface area contributed by atoms with Gasteiger partial charge in [0.2, 0.25) is 0 Å². The van der Waals surface area contributed by atoms with Gasteiger partial charge in [0.15, 0.2) is 0 Å². The fraction of sp³-hybridized carbons (Fsp3) is 0.286. The minimum Gasteiger partial charge on any atom is -0.507 e. The average Bonchev–Trinajstić information content (AvgIpc) is 2.81. The molecule has 0 fully saturated rings. The molecule has 100 valence electrons. The molecule has 0 bridgehead atoms. The molecule has 0 radical (unpaired) electrons. The van der Waals surface area contributed by atoms with Gasteiger partial charge in [0.1, 0.15) is 10.8 Å². The van der Waals surface area contributed by atoms with Crippen molar-refractivity contribution < 1.29 is 15.0 Å². The Morgan fingerprint density at radius 2 is 1.95 bits per heavy atom. The predicted molar refractivity (Wildman–Crippen MR) is 74.6 cm³/mol. The van der Waals surface area contributed by atoms with Crippen LogP contribution in [0.5, 0.6) is 5.75 Å². The number of nitrogens with zero attached hydrogens (tertiary/aromatic N) is 1. The third-order valence-corrected chi connectivity index (χ3v) is 3.82. The SMILES string of the molecule is Cc1cc(-c2nc(CCC(=O)O)cs2)cc(C)c1O. The van der Waals surface area contributed by atoms with Crippen molar-refractivity contribution in [3.8, 4) is 16.3 Å². The number of hydrogen-bond donors (Lipinski definition) is 2. The average molecular weight is 277 g/mol. The summed E-state index contributed by atoms with van der Waals surface area (Å²) in [5.41, 5.74) is 3.39. The Hall–Kier alpha value is -1.88. The number of benzene rings is 1. The van der Waals surface area contributed by atoms with Crippen molar-refractivity contribution in [1.29, 1.82) is 0 Å². The Morgan fingerprint density at radius 3 is 2.53 bits per heavy atom. The monoisotopic (exact) mass is 277 g/mol. The van der Waals surface area contributed by atoms with E-state index in [0.717, 1.165) is 27.4 Å². The normalized spacial score (nSPS) is 10.6. The number of carbonyl (C=O) groups is 1. The Bertz CT molecular complexity index is 596. The molecule has 0 aliphatic carbocycles. The third kappa shape index (κ3) is 3.12. The second kappa shape index (κ2) is 5.40. The first-order valence-electron chi connectivity index (χ1n) is 5.94. The van der Waals surface area contributed by atoms with Gasteiger partial charge in [-0.1, -0.05) is 0 Å². The number of aromatic nitrogens is 1. The Kier molecular flexibility index (Phi) is 3.85. The highest BCUT2D eigenvalue weighted by Crippen LogP contribution is 2.31.